The lowest BCUT2D eigenvalue weighted by Crippen LogP contribution is -1.99. The second kappa shape index (κ2) is 6.77. The van der Waals surface area contributed by atoms with Gasteiger partial charge in [-0.2, -0.15) is 0 Å². The van der Waals surface area contributed by atoms with Gasteiger partial charge in [-0.3, -0.25) is 4.79 Å². The molecule has 3 nitrogen and oxygen atoms in total. The van der Waals surface area contributed by atoms with Gasteiger partial charge in [0.2, 0.25) is 0 Å². The quantitative estimate of drug-likeness (QED) is 0.620. The number of benzene rings is 1. The van der Waals surface area contributed by atoms with Gasteiger partial charge in [-0.25, -0.2) is 0 Å². The molecule has 0 aliphatic heterocycles. The highest BCUT2D eigenvalue weighted by molar-refractivity contribution is 6.00. The molecule has 3 heteroatoms. The van der Waals surface area contributed by atoms with Gasteiger partial charge in [-0.1, -0.05) is 36.4 Å². The maximum Gasteiger partial charge on any atom is 0.164 e. The van der Waals surface area contributed by atoms with Crippen molar-refractivity contribution in [1.29, 1.82) is 0 Å². The number of hydrogen-bond donors (Lipinski definition) is 2. The van der Waals surface area contributed by atoms with E-state index in [2.05, 4.69) is 0 Å². The van der Waals surface area contributed by atoms with E-state index in [9.17, 15) is 9.90 Å². The summed E-state index contributed by atoms with van der Waals surface area (Å²) in [5.41, 5.74) is 0.969. The van der Waals surface area contributed by atoms with E-state index in [-0.39, 0.29) is 24.1 Å². The number of rotatable bonds is 5. The molecule has 0 saturated heterocycles. The number of phenols is 1. The summed E-state index contributed by atoms with van der Waals surface area (Å²) in [4.78, 5) is 11.5. The minimum Gasteiger partial charge on any atom is -0.507 e. The molecule has 0 aliphatic carbocycles. The zero-order valence-corrected chi connectivity index (χ0v) is 10.6. The first-order valence-corrected chi connectivity index (χ1v) is 5.85. The Labute approximate surface area is 107 Å². The van der Waals surface area contributed by atoms with Crippen LogP contribution in [-0.4, -0.2) is 22.6 Å². The molecule has 0 fully saturated rings. The van der Waals surface area contributed by atoms with Crippen molar-refractivity contribution < 1.29 is 15.0 Å². The molecule has 18 heavy (non-hydrogen) atoms. The van der Waals surface area contributed by atoms with Crippen LogP contribution in [-0.2, 0) is 0 Å². The van der Waals surface area contributed by atoms with E-state index < -0.39 is 0 Å². The highest BCUT2D eigenvalue weighted by atomic mass is 16.3. The number of carbonyl (C=O) groups is 1. The van der Waals surface area contributed by atoms with Gasteiger partial charge in [-0.15, -0.1) is 0 Å². The molecule has 0 aliphatic rings. The maximum atomic E-state index is 11.5. The highest BCUT2D eigenvalue weighted by Gasteiger charge is 2.10. The topological polar surface area (TPSA) is 57.5 Å². The minimum atomic E-state index is -0.181. The molecule has 0 radical (unpaired) electrons. The predicted molar refractivity (Wildman–Crippen MR) is 72.5 cm³/mol. The molecule has 96 valence electrons. The largest absolute Gasteiger partial charge is 0.507 e. The minimum absolute atomic E-state index is 0.00899. The Hall–Kier alpha value is -1.87. The van der Waals surface area contributed by atoms with Crippen LogP contribution in [0, 0.1) is 5.92 Å². The van der Waals surface area contributed by atoms with Gasteiger partial charge >= 0.3 is 0 Å². The molecular weight excluding hydrogens is 228 g/mol. The van der Waals surface area contributed by atoms with Crippen molar-refractivity contribution in [3.8, 4) is 5.75 Å². The molecule has 0 saturated carbocycles. The summed E-state index contributed by atoms with van der Waals surface area (Å²) >= 11 is 0. The number of Topliss-reactive ketones (excluding diaryl/α,β-unsaturated/α-hetero) is 1. The van der Waals surface area contributed by atoms with Crippen molar-refractivity contribution in [1.82, 2.24) is 0 Å². The third-order valence-corrected chi connectivity index (χ3v) is 2.60. The Bertz CT molecular complexity index is 473. The molecule has 2 N–H and O–H groups in total. The van der Waals surface area contributed by atoms with E-state index in [4.69, 9.17) is 5.11 Å². The summed E-state index contributed by atoms with van der Waals surface area (Å²) < 4.78 is 0. The number of carbonyl (C=O) groups excluding carboxylic acids is 1. The molecule has 0 spiro atoms. The van der Waals surface area contributed by atoms with Gasteiger partial charge in [0.25, 0.3) is 0 Å². The molecule has 0 aromatic heterocycles. The van der Waals surface area contributed by atoms with E-state index in [0.717, 1.165) is 0 Å². The molecule has 0 bridgehead atoms. The van der Waals surface area contributed by atoms with Crippen LogP contribution in [0.2, 0.25) is 0 Å². The molecule has 1 atom stereocenters. The number of phenolic OH excluding ortho intramolecular Hbond substituents is 1. The molecule has 1 aromatic carbocycles. The molecule has 0 amide bonds. The standard InChI is InChI=1S/C15H18O3/c1-3-5-12(10-16)8-9-13-6-4-7-14(18)15(13)11(2)17/h3-9,12,16,18H,10H2,1-2H3/b5-3+,9-8+/t12-/m0/s1. The number of aromatic hydroxyl groups is 1. The highest BCUT2D eigenvalue weighted by Crippen LogP contribution is 2.23. The van der Waals surface area contributed by atoms with Gasteiger partial charge in [-0.05, 0) is 25.5 Å². The fourth-order valence-corrected chi connectivity index (χ4v) is 1.74. The Kier molecular flexibility index (Phi) is 5.33. The van der Waals surface area contributed by atoms with Crippen molar-refractivity contribution in [2.45, 2.75) is 13.8 Å². The van der Waals surface area contributed by atoms with Crippen LogP contribution in [0.5, 0.6) is 5.75 Å². The second-order valence-electron chi connectivity index (χ2n) is 4.03. The maximum absolute atomic E-state index is 11.5. The van der Waals surface area contributed by atoms with E-state index >= 15 is 0 Å². The second-order valence-corrected chi connectivity index (χ2v) is 4.03. The number of aliphatic hydroxyl groups excluding tert-OH is 1. The lowest BCUT2D eigenvalue weighted by atomic mass is 10.0. The van der Waals surface area contributed by atoms with Gasteiger partial charge in [0.1, 0.15) is 5.75 Å². The third kappa shape index (κ3) is 3.57. The molecule has 0 unspecified atom stereocenters. The number of ketones is 1. The zero-order chi connectivity index (χ0) is 13.5. The summed E-state index contributed by atoms with van der Waals surface area (Å²) in [6.45, 7) is 3.31. The summed E-state index contributed by atoms with van der Waals surface area (Å²) in [7, 11) is 0. The van der Waals surface area contributed by atoms with E-state index in [1.807, 2.05) is 19.1 Å². The summed E-state index contributed by atoms with van der Waals surface area (Å²) in [5, 5.41) is 18.8. The number of aliphatic hydroxyl groups is 1. The van der Waals surface area contributed by atoms with Crippen molar-refractivity contribution in [2.75, 3.05) is 6.61 Å². The lowest BCUT2D eigenvalue weighted by Gasteiger charge is -2.06. The fourth-order valence-electron chi connectivity index (χ4n) is 1.74. The van der Waals surface area contributed by atoms with Crippen LogP contribution >= 0.6 is 0 Å². The third-order valence-electron chi connectivity index (χ3n) is 2.60. The van der Waals surface area contributed by atoms with Crippen molar-refractivity contribution in [2.24, 2.45) is 5.92 Å². The van der Waals surface area contributed by atoms with Crippen LogP contribution in [0.1, 0.15) is 29.8 Å². The fraction of sp³-hybridized carbons (Fsp3) is 0.267. The Morgan fingerprint density at radius 3 is 2.67 bits per heavy atom. The van der Waals surface area contributed by atoms with Crippen LogP contribution in [0.15, 0.2) is 36.4 Å². The first kappa shape index (κ1) is 14.2. The molecular formula is C15H18O3. The Morgan fingerprint density at radius 1 is 1.39 bits per heavy atom. The number of allylic oxidation sites excluding steroid dienone is 1. The van der Waals surface area contributed by atoms with Gasteiger partial charge < -0.3 is 10.2 Å². The summed E-state index contributed by atoms with van der Waals surface area (Å²) in [6, 6.07) is 4.94. The summed E-state index contributed by atoms with van der Waals surface area (Å²) in [5.74, 6) is -0.285. The van der Waals surface area contributed by atoms with Gasteiger partial charge in [0.05, 0.1) is 12.2 Å². The predicted octanol–water partition coefficient (Wildman–Crippen LogP) is 2.79. The molecule has 1 aromatic rings. The molecule has 1 rings (SSSR count). The zero-order valence-electron chi connectivity index (χ0n) is 10.6. The normalized spacial score (nSPS) is 13.3. The van der Waals surface area contributed by atoms with Gasteiger partial charge in [0, 0.05) is 5.92 Å². The van der Waals surface area contributed by atoms with E-state index in [1.54, 1.807) is 24.3 Å². The van der Waals surface area contributed by atoms with Gasteiger partial charge in [0.15, 0.2) is 5.78 Å². The van der Waals surface area contributed by atoms with Crippen LogP contribution in [0.4, 0.5) is 0 Å². The lowest BCUT2D eigenvalue weighted by molar-refractivity contribution is 0.101. The summed E-state index contributed by atoms with van der Waals surface area (Å²) in [6.07, 6.45) is 7.28. The Balaban J connectivity index is 3.07. The first-order valence-electron chi connectivity index (χ1n) is 5.85. The SMILES string of the molecule is C/C=C/[C@@H](/C=C/c1cccc(O)c1C(C)=O)CO. The monoisotopic (exact) mass is 246 g/mol. The van der Waals surface area contributed by atoms with E-state index in [0.29, 0.717) is 11.1 Å². The average Bonchev–Trinajstić information content (AvgIpc) is 2.33. The van der Waals surface area contributed by atoms with Crippen molar-refractivity contribution >= 4 is 11.9 Å². The van der Waals surface area contributed by atoms with Crippen LogP contribution < -0.4 is 0 Å². The van der Waals surface area contributed by atoms with E-state index in [1.165, 1.54) is 13.0 Å². The molecule has 0 heterocycles. The van der Waals surface area contributed by atoms with Crippen molar-refractivity contribution in [3.05, 3.63) is 47.6 Å². The van der Waals surface area contributed by atoms with Crippen LogP contribution in [0.3, 0.4) is 0 Å². The average molecular weight is 246 g/mol. The van der Waals surface area contributed by atoms with Crippen LogP contribution in [0.25, 0.3) is 6.08 Å². The van der Waals surface area contributed by atoms with Crippen molar-refractivity contribution in [3.63, 3.8) is 0 Å². The first-order chi connectivity index (χ1) is 8.60. The Morgan fingerprint density at radius 2 is 2.11 bits per heavy atom. The number of hydrogen-bond acceptors (Lipinski definition) is 3. The smallest absolute Gasteiger partial charge is 0.164 e.